The first kappa shape index (κ1) is 20.2. The number of aliphatic hydroxyl groups excluding tert-OH is 1. The van der Waals surface area contributed by atoms with Gasteiger partial charge < -0.3 is 19.3 Å². The van der Waals surface area contributed by atoms with E-state index in [0.29, 0.717) is 19.3 Å². The van der Waals surface area contributed by atoms with Gasteiger partial charge in [-0.05, 0) is 44.9 Å². The van der Waals surface area contributed by atoms with Gasteiger partial charge >= 0.3 is 11.9 Å². The Morgan fingerprint density at radius 3 is 2.31 bits per heavy atom. The minimum Gasteiger partial charge on any atom is -0.490 e. The van der Waals surface area contributed by atoms with Crippen LogP contribution in [0, 0.1) is 5.92 Å². The molecule has 0 saturated heterocycles. The Kier molecular flexibility index (Phi) is 6.64. The summed E-state index contributed by atoms with van der Waals surface area (Å²) in [6.07, 6.45) is 1.47. The van der Waals surface area contributed by atoms with E-state index >= 15 is 0 Å². The molecule has 0 heterocycles. The van der Waals surface area contributed by atoms with E-state index in [1.54, 1.807) is 20.8 Å². The maximum Gasteiger partial charge on any atom is 0.309 e. The average Bonchev–Trinajstić information content (AvgIpc) is 2.52. The third-order valence-corrected chi connectivity index (χ3v) is 4.15. The van der Waals surface area contributed by atoms with Gasteiger partial charge in [0.05, 0.1) is 25.6 Å². The predicted molar refractivity (Wildman–Crippen MR) is 95.8 cm³/mol. The van der Waals surface area contributed by atoms with Crippen LogP contribution in [-0.4, -0.2) is 42.0 Å². The molecule has 2 rings (SSSR count). The molecule has 26 heavy (non-hydrogen) atoms. The normalized spacial score (nSPS) is 20.7. The summed E-state index contributed by atoms with van der Waals surface area (Å²) in [6, 6.07) is 7.41. The lowest BCUT2D eigenvalue weighted by Gasteiger charge is -2.31. The SMILES string of the molecule is COC(=O)[C@@H](CC(=O)OC(C)(C)C)Cc1ccc(OC2CC(O)C2)cc1. The predicted octanol–water partition coefficient (Wildman–Crippen LogP) is 2.65. The van der Waals surface area contributed by atoms with Crippen molar-refractivity contribution in [3.63, 3.8) is 0 Å². The summed E-state index contributed by atoms with van der Waals surface area (Å²) in [6.45, 7) is 5.37. The highest BCUT2D eigenvalue weighted by atomic mass is 16.6. The van der Waals surface area contributed by atoms with E-state index in [-0.39, 0.29) is 18.6 Å². The van der Waals surface area contributed by atoms with Crippen LogP contribution in [0.5, 0.6) is 5.75 Å². The van der Waals surface area contributed by atoms with Crippen LogP contribution in [0.4, 0.5) is 0 Å². The van der Waals surface area contributed by atoms with Crippen LogP contribution in [0.25, 0.3) is 0 Å². The second-order valence-electron chi connectivity index (χ2n) is 7.72. The molecule has 1 aliphatic carbocycles. The number of carbonyl (C=O) groups is 2. The Bertz CT molecular complexity index is 610. The monoisotopic (exact) mass is 364 g/mol. The number of rotatable bonds is 7. The third kappa shape index (κ3) is 6.33. The van der Waals surface area contributed by atoms with Crippen molar-refractivity contribution in [1.29, 1.82) is 0 Å². The molecular weight excluding hydrogens is 336 g/mol. The summed E-state index contributed by atoms with van der Waals surface area (Å²) < 4.78 is 15.9. The Labute approximate surface area is 154 Å². The fraction of sp³-hybridized carbons (Fsp3) is 0.600. The molecule has 1 N–H and O–H groups in total. The van der Waals surface area contributed by atoms with Crippen molar-refractivity contribution < 1.29 is 28.9 Å². The lowest BCUT2D eigenvalue weighted by atomic mass is 9.92. The average molecular weight is 364 g/mol. The van der Waals surface area contributed by atoms with Gasteiger partial charge in [0, 0.05) is 12.8 Å². The molecule has 6 nitrogen and oxygen atoms in total. The summed E-state index contributed by atoms with van der Waals surface area (Å²) in [5.41, 5.74) is 0.316. The van der Waals surface area contributed by atoms with Crippen LogP contribution in [0.3, 0.4) is 0 Å². The van der Waals surface area contributed by atoms with Gasteiger partial charge in [0.15, 0.2) is 0 Å². The highest BCUT2D eigenvalue weighted by Crippen LogP contribution is 2.26. The van der Waals surface area contributed by atoms with Crippen LogP contribution in [0.2, 0.25) is 0 Å². The zero-order chi connectivity index (χ0) is 19.3. The summed E-state index contributed by atoms with van der Waals surface area (Å²) in [7, 11) is 1.31. The molecule has 1 saturated carbocycles. The molecule has 0 amide bonds. The zero-order valence-electron chi connectivity index (χ0n) is 15.9. The van der Waals surface area contributed by atoms with Crippen molar-refractivity contribution in [3.05, 3.63) is 29.8 Å². The maximum absolute atomic E-state index is 12.1. The number of ether oxygens (including phenoxy) is 3. The van der Waals surface area contributed by atoms with E-state index in [2.05, 4.69) is 0 Å². The van der Waals surface area contributed by atoms with Crippen molar-refractivity contribution in [1.82, 2.24) is 0 Å². The van der Waals surface area contributed by atoms with Crippen molar-refractivity contribution in [2.24, 2.45) is 5.92 Å². The van der Waals surface area contributed by atoms with Crippen molar-refractivity contribution in [2.75, 3.05) is 7.11 Å². The second kappa shape index (κ2) is 8.54. The van der Waals surface area contributed by atoms with Crippen molar-refractivity contribution in [3.8, 4) is 5.75 Å². The van der Waals surface area contributed by atoms with E-state index in [1.165, 1.54) is 7.11 Å². The number of hydrogen-bond acceptors (Lipinski definition) is 6. The fourth-order valence-electron chi connectivity index (χ4n) is 2.81. The lowest BCUT2D eigenvalue weighted by Crippen LogP contribution is -2.37. The molecule has 1 aromatic rings. The first-order valence-corrected chi connectivity index (χ1v) is 8.89. The smallest absolute Gasteiger partial charge is 0.309 e. The highest BCUT2D eigenvalue weighted by molar-refractivity contribution is 5.80. The van der Waals surface area contributed by atoms with Crippen LogP contribution in [-0.2, 0) is 25.5 Å². The number of esters is 2. The molecule has 1 aromatic carbocycles. The van der Waals surface area contributed by atoms with E-state index in [4.69, 9.17) is 14.2 Å². The minimum atomic E-state index is -0.594. The van der Waals surface area contributed by atoms with Gasteiger partial charge in [0.1, 0.15) is 17.5 Å². The highest BCUT2D eigenvalue weighted by Gasteiger charge is 2.29. The molecule has 1 atom stereocenters. The number of carbonyl (C=O) groups excluding carboxylic acids is 2. The Morgan fingerprint density at radius 1 is 1.19 bits per heavy atom. The summed E-state index contributed by atoms with van der Waals surface area (Å²) in [4.78, 5) is 24.1. The van der Waals surface area contributed by atoms with Crippen LogP contribution in [0.1, 0.15) is 45.6 Å². The molecule has 144 valence electrons. The number of methoxy groups -OCH3 is 1. The molecule has 6 heteroatoms. The fourth-order valence-corrected chi connectivity index (χ4v) is 2.81. The van der Waals surface area contributed by atoms with Gasteiger partial charge in [-0.25, -0.2) is 0 Å². The first-order chi connectivity index (χ1) is 12.2. The molecule has 1 fully saturated rings. The Balaban J connectivity index is 1.94. The number of benzene rings is 1. The van der Waals surface area contributed by atoms with E-state index in [1.807, 2.05) is 24.3 Å². The van der Waals surface area contributed by atoms with Gasteiger partial charge in [-0.2, -0.15) is 0 Å². The Morgan fingerprint density at radius 2 is 1.81 bits per heavy atom. The topological polar surface area (TPSA) is 82.1 Å². The third-order valence-electron chi connectivity index (χ3n) is 4.15. The number of hydrogen-bond donors (Lipinski definition) is 1. The van der Waals surface area contributed by atoms with Gasteiger partial charge in [-0.15, -0.1) is 0 Å². The maximum atomic E-state index is 12.1. The van der Waals surface area contributed by atoms with Crippen molar-refractivity contribution in [2.45, 2.75) is 64.3 Å². The first-order valence-electron chi connectivity index (χ1n) is 8.89. The lowest BCUT2D eigenvalue weighted by molar-refractivity contribution is -0.160. The summed E-state index contributed by atoms with van der Waals surface area (Å²) in [5, 5.41) is 9.30. The molecule has 0 unspecified atom stereocenters. The van der Waals surface area contributed by atoms with Crippen molar-refractivity contribution >= 4 is 11.9 Å². The molecule has 0 radical (unpaired) electrons. The molecular formula is C20H28O6. The van der Waals surface area contributed by atoms with Crippen LogP contribution < -0.4 is 4.74 Å². The molecule has 0 spiro atoms. The van der Waals surface area contributed by atoms with E-state index in [9.17, 15) is 14.7 Å². The minimum absolute atomic E-state index is 0.0256. The standard InChI is InChI=1S/C20H28O6/c1-20(2,3)26-18(22)10-14(19(23)24-4)9-13-5-7-16(8-6-13)25-17-11-15(21)12-17/h5-8,14-15,17,21H,9-12H2,1-4H3/t14-,15?,17?/m1/s1. The van der Waals surface area contributed by atoms with Gasteiger partial charge in [-0.3, -0.25) is 9.59 Å². The van der Waals surface area contributed by atoms with Gasteiger partial charge in [0.25, 0.3) is 0 Å². The van der Waals surface area contributed by atoms with Gasteiger partial charge in [-0.1, -0.05) is 12.1 Å². The summed E-state index contributed by atoms with van der Waals surface area (Å²) >= 11 is 0. The number of aliphatic hydroxyl groups is 1. The van der Waals surface area contributed by atoms with E-state index in [0.717, 1.165) is 11.3 Å². The summed E-state index contributed by atoms with van der Waals surface area (Å²) in [5.74, 6) is -0.716. The zero-order valence-corrected chi connectivity index (χ0v) is 15.9. The van der Waals surface area contributed by atoms with E-state index < -0.39 is 23.5 Å². The Hall–Kier alpha value is -2.08. The largest absolute Gasteiger partial charge is 0.490 e. The van der Waals surface area contributed by atoms with Crippen LogP contribution in [0.15, 0.2) is 24.3 Å². The van der Waals surface area contributed by atoms with Crippen LogP contribution >= 0.6 is 0 Å². The van der Waals surface area contributed by atoms with Gasteiger partial charge in [0.2, 0.25) is 0 Å². The molecule has 0 aromatic heterocycles. The molecule has 0 aliphatic heterocycles. The second-order valence-corrected chi connectivity index (χ2v) is 7.72. The molecule has 0 bridgehead atoms. The quantitative estimate of drug-likeness (QED) is 0.749. The molecule has 1 aliphatic rings.